The lowest BCUT2D eigenvalue weighted by atomic mass is 9.53. The Kier molecular flexibility index (Phi) is 4.33. The van der Waals surface area contributed by atoms with E-state index >= 15 is 0 Å². The Morgan fingerprint density at radius 2 is 1.55 bits per heavy atom. The van der Waals surface area contributed by atoms with Crippen molar-refractivity contribution in [1.82, 2.24) is 14.8 Å². The van der Waals surface area contributed by atoms with Crippen LogP contribution in [0.2, 0.25) is 0 Å². The van der Waals surface area contributed by atoms with Gasteiger partial charge in [-0.2, -0.15) is 5.10 Å². The molecule has 0 spiro atoms. The molecule has 7 rings (SSSR count). The molecule has 0 radical (unpaired) electrons. The lowest BCUT2D eigenvalue weighted by Gasteiger charge is -2.57. The number of carbonyl (C=O) groups is 1. The molecule has 4 saturated carbocycles. The van der Waals surface area contributed by atoms with Crippen molar-refractivity contribution in [2.75, 3.05) is 10.6 Å². The summed E-state index contributed by atoms with van der Waals surface area (Å²) in [7, 11) is 0. The highest BCUT2D eigenvalue weighted by molar-refractivity contribution is 6.06. The zero-order valence-corrected chi connectivity index (χ0v) is 17.5. The number of benzene rings is 2. The normalized spacial score (nSPS) is 28.5. The van der Waals surface area contributed by atoms with E-state index in [-0.39, 0.29) is 11.4 Å². The number of hydrogen-bond donors (Lipinski definition) is 2. The molecule has 1 heterocycles. The summed E-state index contributed by atoms with van der Waals surface area (Å²) >= 11 is 0. The third kappa shape index (κ3) is 3.50. The average molecular weight is 414 g/mol. The van der Waals surface area contributed by atoms with Crippen molar-refractivity contribution in [1.29, 1.82) is 0 Å². The second-order valence-corrected chi connectivity index (χ2v) is 9.71. The maximum atomic E-state index is 13.0. The number of amides is 1. The summed E-state index contributed by atoms with van der Waals surface area (Å²) in [5, 5.41) is 11.2. The quantitative estimate of drug-likeness (QED) is 0.624. The van der Waals surface area contributed by atoms with E-state index in [9.17, 15) is 4.79 Å². The molecule has 6 heteroatoms. The first-order valence-corrected chi connectivity index (χ1v) is 11.3. The molecule has 0 aliphatic heterocycles. The molecule has 0 unspecified atom stereocenters. The van der Waals surface area contributed by atoms with Crippen LogP contribution < -0.4 is 10.6 Å². The van der Waals surface area contributed by atoms with Gasteiger partial charge in [0.2, 0.25) is 0 Å². The average Bonchev–Trinajstić information content (AvgIpc) is 3.29. The second-order valence-electron chi connectivity index (χ2n) is 9.71. The third-order valence-electron chi connectivity index (χ3n) is 7.43. The van der Waals surface area contributed by atoms with Crippen molar-refractivity contribution in [3.8, 4) is 5.69 Å². The number of aromatic nitrogens is 3. The summed E-state index contributed by atoms with van der Waals surface area (Å²) in [4.78, 5) is 16.9. The van der Waals surface area contributed by atoms with E-state index < -0.39 is 0 Å². The van der Waals surface area contributed by atoms with Gasteiger partial charge in [0.1, 0.15) is 12.7 Å². The lowest BCUT2D eigenvalue weighted by molar-refractivity contribution is 0.0107. The van der Waals surface area contributed by atoms with Crippen LogP contribution in [0.1, 0.15) is 48.9 Å². The highest BCUT2D eigenvalue weighted by atomic mass is 16.1. The zero-order chi connectivity index (χ0) is 20.8. The number of para-hydroxylation sites is 2. The largest absolute Gasteiger partial charge is 0.378 e. The van der Waals surface area contributed by atoms with Gasteiger partial charge in [0.25, 0.3) is 5.91 Å². The first-order valence-electron chi connectivity index (χ1n) is 11.3. The molecule has 1 aromatic heterocycles. The van der Waals surface area contributed by atoms with Gasteiger partial charge in [-0.05, 0) is 92.7 Å². The predicted molar refractivity (Wildman–Crippen MR) is 120 cm³/mol. The van der Waals surface area contributed by atoms with Crippen LogP contribution >= 0.6 is 0 Å². The van der Waals surface area contributed by atoms with Crippen LogP contribution in [0, 0.1) is 17.8 Å². The number of nitrogens with zero attached hydrogens (tertiary/aromatic N) is 3. The molecule has 31 heavy (non-hydrogen) atoms. The number of hydrogen-bond acceptors (Lipinski definition) is 4. The Hall–Kier alpha value is -3.15. The fourth-order valence-electron chi connectivity index (χ4n) is 6.55. The van der Waals surface area contributed by atoms with E-state index in [4.69, 9.17) is 0 Å². The number of rotatable bonds is 5. The van der Waals surface area contributed by atoms with Crippen molar-refractivity contribution in [2.45, 2.75) is 44.1 Å². The van der Waals surface area contributed by atoms with E-state index in [2.05, 4.69) is 26.8 Å². The molecule has 4 fully saturated rings. The fourth-order valence-corrected chi connectivity index (χ4v) is 6.55. The molecule has 4 aliphatic carbocycles. The molecule has 158 valence electrons. The van der Waals surface area contributed by atoms with Gasteiger partial charge in [0, 0.05) is 11.1 Å². The molecule has 6 nitrogen and oxygen atoms in total. The van der Waals surface area contributed by atoms with E-state index in [1.807, 2.05) is 42.5 Å². The van der Waals surface area contributed by atoms with Crippen LogP contribution in [0.5, 0.6) is 0 Å². The van der Waals surface area contributed by atoms with Gasteiger partial charge in [-0.1, -0.05) is 12.1 Å². The highest BCUT2D eigenvalue weighted by Gasteiger charge is 2.51. The first kappa shape index (κ1) is 18.6. The Bertz CT molecular complexity index is 1050. The molecule has 0 atom stereocenters. The van der Waals surface area contributed by atoms with E-state index in [1.54, 1.807) is 11.0 Å². The van der Waals surface area contributed by atoms with Crippen LogP contribution in [-0.4, -0.2) is 26.2 Å². The van der Waals surface area contributed by atoms with Crippen molar-refractivity contribution < 1.29 is 4.79 Å². The van der Waals surface area contributed by atoms with Crippen LogP contribution in [0.15, 0.2) is 61.2 Å². The summed E-state index contributed by atoms with van der Waals surface area (Å²) in [6.45, 7) is 0. The van der Waals surface area contributed by atoms with Crippen LogP contribution in [0.25, 0.3) is 5.69 Å². The predicted octanol–water partition coefficient (Wildman–Crippen LogP) is 4.90. The molecule has 2 aromatic carbocycles. The van der Waals surface area contributed by atoms with Gasteiger partial charge in [-0.3, -0.25) is 4.79 Å². The topological polar surface area (TPSA) is 71.8 Å². The second kappa shape index (κ2) is 7.22. The SMILES string of the molecule is O=C(Nc1ccccc1NC12CC3CC(CC(C3)C1)C2)c1ccc(-n2cncn2)cc1. The number of carbonyl (C=O) groups excluding carboxylic acids is 1. The molecule has 2 N–H and O–H groups in total. The zero-order valence-electron chi connectivity index (χ0n) is 17.5. The Labute approximate surface area is 182 Å². The minimum atomic E-state index is -0.107. The van der Waals surface area contributed by atoms with Crippen molar-refractivity contribution in [3.63, 3.8) is 0 Å². The molecular weight excluding hydrogens is 386 g/mol. The fraction of sp³-hybridized carbons (Fsp3) is 0.400. The van der Waals surface area contributed by atoms with E-state index in [0.29, 0.717) is 5.56 Å². The monoisotopic (exact) mass is 413 g/mol. The molecule has 4 bridgehead atoms. The van der Waals surface area contributed by atoms with Crippen molar-refractivity contribution >= 4 is 17.3 Å². The molecule has 1 amide bonds. The summed E-state index contributed by atoms with van der Waals surface area (Å²) < 4.78 is 1.67. The van der Waals surface area contributed by atoms with Gasteiger partial charge < -0.3 is 10.6 Å². The summed E-state index contributed by atoms with van der Waals surface area (Å²) in [5.74, 6) is 2.53. The lowest BCUT2D eigenvalue weighted by Crippen LogP contribution is -2.54. The maximum Gasteiger partial charge on any atom is 0.255 e. The van der Waals surface area contributed by atoms with E-state index in [0.717, 1.165) is 34.8 Å². The smallest absolute Gasteiger partial charge is 0.255 e. The van der Waals surface area contributed by atoms with Gasteiger partial charge in [-0.15, -0.1) is 0 Å². The standard InChI is InChI=1S/C25H27N5O/c31-24(20-5-7-21(8-6-20)30-16-26-15-27-30)28-22-3-1-2-4-23(22)29-25-12-17-9-18(13-25)11-19(10-17)14-25/h1-8,15-19,29H,9-14H2,(H,28,31). The van der Waals surface area contributed by atoms with Crippen molar-refractivity contribution in [2.24, 2.45) is 17.8 Å². The summed E-state index contributed by atoms with van der Waals surface area (Å²) in [6.07, 6.45) is 11.2. The van der Waals surface area contributed by atoms with Gasteiger partial charge >= 0.3 is 0 Å². The number of nitrogens with one attached hydrogen (secondary N) is 2. The molecule has 3 aromatic rings. The van der Waals surface area contributed by atoms with Crippen molar-refractivity contribution in [3.05, 3.63) is 66.7 Å². The molecule has 4 aliphatic rings. The van der Waals surface area contributed by atoms with Gasteiger partial charge in [0.05, 0.1) is 17.1 Å². The van der Waals surface area contributed by atoms with Gasteiger partial charge in [0.15, 0.2) is 0 Å². The third-order valence-corrected chi connectivity index (χ3v) is 7.43. The van der Waals surface area contributed by atoms with E-state index in [1.165, 1.54) is 44.9 Å². The highest BCUT2D eigenvalue weighted by Crippen LogP contribution is 2.56. The van der Waals surface area contributed by atoms with Crippen LogP contribution in [0.3, 0.4) is 0 Å². The Morgan fingerprint density at radius 3 is 2.16 bits per heavy atom. The Morgan fingerprint density at radius 1 is 0.903 bits per heavy atom. The Balaban J connectivity index is 1.20. The van der Waals surface area contributed by atoms with Crippen LogP contribution in [0.4, 0.5) is 11.4 Å². The number of anilines is 2. The first-order chi connectivity index (χ1) is 15.2. The summed E-state index contributed by atoms with van der Waals surface area (Å²) in [5.41, 5.74) is 3.58. The van der Waals surface area contributed by atoms with Gasteiger partial charge in [-0.25, -0.2) is 9.67 Å². The maximum absolute atomic E-state index is 13.0. The van der Waals surface area contributed by atoms with Crippen LogP contribution in [-0.2, 0) is 0 Å². The molecular formula is C25H27N5O. The molecule has 0 saturated heterocycles. The minimum absolute atomic E-state index is 0.107. The summed E-state index contributed by atoms with van der Waals surface area (Å²) in [6, 6.07) is 15.5. The minimum Gasteiger partial charge on any atom is -0.378 e.